The molecule has 0 spiro atoms. The molecule has 1 aromatic rings. The first-order chi connectivity index (χ1) is 8.60. The topological polar surface area (TPSA) is 24.5 Å². The van der Waals surface area contributed by atoms with Crippen LogP contribution in [0, 0.1) is 0 Å². The van der Waals surface area contributed by atoms with E-state index in [9.17, 15) is 0 Å². The van der Waals surface area contributed by atoms with Crippen LogP contribution < -0.4 is 15.0 Å². The SMILES string of the molecule is COc1cc(N2CCC(NC(C)C)C2)ccc1Cl. The zero-order chi connectivity index (χ0) is 13.1. The summed E-state index contributed by atoms with van der Waals surface area (Å²) in [5.74, 6) is 0.745. The standard InChI is InChI=1S/C14H21ClN2O/c1-10(2)16-11-6-7-17(9-11)12-4-5-13(15)14(8-12)18-3/h4-5,8,10-11,16H,6-7,9H2,1-3H3. The number of ether oxygens (including phenoxy) is 1. The van der Waals surface area contributed by atoms with Crippen molar-refractivity contribution in [3.05, 3.63) is 23.2 Å². The van der Waals surface area contributed by atoms with Crippen molar-refractivity contribution in [1.82, 2.24) is 5.32 Å². The van der Waals surface area contributed by atoms with Gasteiger partial charge in [-0.1, -0.05) is 25.4 Å². The average Bonchev–Trinajstić information content (AvgIpc) is 2.77. The van der Waals surface area contributed by atoms with E-state index in [1.54, 1.807) is 7.11 Å². The summed E-state index contributed by atoms with van der Waals surface area (Å²) < 4.78 is 5.26. The van der Waals surface area contributed by atoms with Gasteiger partial charge < -0.3 is 15.0 Å². The Balaban J connectivity index is 2.05. The Bertz CT molecular complexity index is 409. The molecular weight excluding hydrogens is 248 g/mol. The van der Waals surface area contributed by atoms with Gasteiger partial charge in [0.25, 0.3) is 0 Å². The third-order valence-corrected chi connectivity index (χ3v) is 3.57. The fraction of sp³-hybridized carbons (Fsp3) is 0.571. The second kappa shape index (κ2) is 5.81. The highest BCUT2D eigenvalue weighted by Crippen LogP contribution is 2.30. The normalized spacial score (nSPS) is 19.6. The molecule has 1 N–H and O–H groups in total. The highest BCUT2D eigenvalue weighted by molar-refractivity contribution is 6.32. The summed E-state index contributed by atoms with van der Waals surface area (Å²) in [7, 11) is 1.65. The summed E-state index contributed by atoms with van der Waals surface area (Å²) >= 11 is 6.04. The Morgan fingerprint density at radius 3 is 2.89 bits per heavy atom. The maximum Gasteiger partial charge on any atom is 0.139 e. The predicted octanol–water partition coefficient (Wildman–Crippen LogP) is 2.93. The number of rotatable bonds is 4. The molecule has 1 unspecified atom stereocenters. The molecule has 0 radical (unpaired) electrons. The fourth-order valence-electron chi connectivity index (χ4n) is 2.45. The van der Waals surface area contributed by atoms with Gasteiger partial charge >= 0.3 is 0 Å². The molecule has 100 valence electrons. The number of hydrogen-bond donors (Lipinski definition) is 1. The average molecular weight is 269 g/mol. The minimum atomic E-state index is 0.537. The molecule has 0 bridgehead atoms. The van der Waals surface area contributed by atoms with E-state index < -0.39 is 0 Å². The lowest BCUT2D eigenvalue weighted by molar-refractivity contribution is 0.415. The lowest BCUT2D eigenvalue weighted by Crippen LogP contribution is -2.37. The minimum Gasteiger partial charge on any atom is -0.495 e. The van der Waals surface area contributed by atoms with Gasteiger partial charge in [-0.25, -0.2) is 0 Å². The van der Waals surface area contributed by atoms with Crippen LogP contribution in [-0.2, 0) is 0 Å². The van der Waals surface area contributed by atoms with Crippen LogP contribution in [0.1, 0.15) is 20.3 Å². The molecule has 1 aliphatic rings. The monoisotopic (exact) mass is 268 g/mol. The molecule has 0 saturated carbocycles. The van der Waals surface area contributed by atoms with Crippen molar-refractivity contribution in [3.8, 4) is 5.75 Å². The van der Waals surface area contributed by atoms with Crippen LogP contribution in [0.4, 0.5) is 5.69 Å². The molecule has 1 aromatic carbocycles. The Labute approximate surface area is 114 Å². The van der Waals surface area contributed by atoms with E-state index in [-0.39, 0.29) is 0 Å². The largest absolute Gasteiger partial charge is 0.495 e. The minimum absolute atomic E-state index is 0.537. The lowest BCUT2D eigenvalue weighted by atomic mass is 10.2. The smallest absolute Gasteiger partial charge is 0.139 e. The Morgan fingerprint density at radius 1 is 1.44 bits per heavy atom. The van der Waals surface area contributed by atoms with Crippen molar-refractivity contribution in [2.45, 2.75) is 32.4 Å². The molecule has 0 aromatic heterocycles. The van der Waals surface area contributed by atoms with Crippen molar-refractivity contribution in [3.63, 3.8) is 0 Å². The molecule has 1 fully saturated rings. The Hall–Kier alpha value is -0.930. The van der Waals surface area contributed by atoms with E-state index in [0.717, 1.165) is 18.8 Å². The number of nitrogens with one attached hydrogen (secondary N) is 1. The number of anilines is 1. The van der Waals surface area contributed by atoms with Gasteiger partial charge in [-0.3, -0.25) is 0 Å². The highest BCUT2D eigenvalue weighted by Gasteiger charge is 2.23. The second-order valence-electron chi connectivity index (χ2n) is 5.07. The van der Waals surface area contributed by atoms with Crippen LogP contribution in [0.25, 0.3) is 0 Å². The van der Waals surface area contributed by atoms with Gasteiger partial charge in [0, 0.05) is 36.9 Å². The van der Waals surface area contributed by atoms with Crippen LogP contribution in [0.3, 0.4) is 0 Å². The van der Waals surface area contributed by atoms with E-state index in [4.69, 9.17) is 16.3 Å². The molecule has 4 heteroatoms. The molecule has 3 nitrogen and oxygen atoms in total. The van der Waals surface area contributed by atoms with Gasteiger partial charge in [0.05, 0.1) is 12.1 Å². The Morgan fingerprint density at radius 2 is 2.22 bits per heavy atom. The summed E-state index contributed by atoms with van der Waals surface area (Å²) in [6.07, 6.45) is 1.18. The molecule has 2 rings (SSSR count). The molecular formula is C14H21ClN2O. The van der Waals surface area contributed by atoms with Crippen LogP contribution in [-0.4, -0.2) is 32.3 Å². The zero-order valence-corrected chi connectivity index (χ0v) is 12.0. The quantitative estimate of drug-likeness (QED) is 0.909. The summed E-state index contributed by atoms with van der Waals surface area (Å²) in [6, 6.07) is 7.09. The first-order valence-corrected chi connectivity index (χ1v) is 6.82. The number of methoxy groups -OCH3 is 1. The van der Waals surface area contributed by atoms with Gasteiger partial charge in [-0.15, -0.1) is 0 Å². The van der Waals surface area contributed by atoms with Crippen LogP contribution >= 0.6 is 11.6 Å². The van der Waals surface area contributed by atoms with E-state index in [2.05, 4.69) is 30.1 Å². The molecule has 0 amide bonds. The summed E-state index contributed by atoms with van der Waals surface area (Å²) in [5.41, 5.74) is 1.18. The number of benzene rings is 1. The third kappa shape index (κ3) is 3.09. The molecule has 1 atom stereocenters. The van der Waals surface area contributed by atoms with Crippen molar-refractivity contribution in [2.24, 2.45) is 0 Å². The molecule has 0 aliphatic carbocycles. The highest BCUT2D eigenvalue weighted by atomic mass is 35.5. The number of nitrogens with zero attached hydrogens (tertiary/aromatic N) is 1. The lowest BCUT2D eigenvalue weighted by Gasteiger charge is -2.21. The fourth-order valence-corrected chi connectivity index (χ4v) is 2.64. The van der Waals surface area contributed by atoms with E-state index in [0.29, 0.717) is 17.1 Å². The van der Waals surface area contributed by atoms with Crippen LogP contribution in [0.15, 0.2) is 18.2 Å². The van der Waals surface area contributed by atoms with E-state index in [1.165, 1.54) is 12.1 Å². The summed E-state index contributed by atoms with van der Waals surface area (Å²) in [6.45, 7) is 6.50. The number of hydrogen-bond acceptors (Lipinski definition) is 3. The Kier molecular flexibility index (Phi) is 4.36. The first-order valence-electron chi connectivity index (χ1n) is 6.44. The van der Waals surface area contributed by atoms with Crippen LogP contribution in [0.2, 0.25) is 5.02 Å². The van der Waals surface area contributed by atoms with Crippen molar-refractivity contribution in [1.29, 1.82) is 0 Å². The first kappa shape index (κ1) is 13.5. The predicted molar refractivity (Wildman–Crippen MR) is 76.9 cm³/mol. The van der Waals surface area contributed by atoms with Gasteiger partial charge in [-0.2, -0.15) is 0 Å². The van der Waals surface area contributed by atoms with E-state index in [1.807, 2.05) is 12.1 Å². The molecule has 1 aliphatic heterocycles. The summed E-state index contributed by atoms with van der Waals surface area (Å²) in [5, 5.41) is 4.25. The maximum absolute atomic E-state index is 6.04. The second-order valence-corrected chi connectivity index (χ2v) is 5.48. The molecule has 18 heavy (non-hydrogen) atoms. The van der Waals surface area contributed by atoms with Crippen molar-refractivity contribution in [2.75, 3.05) is 25.1 Å². The maximum atomic E-state index is 6.04. The van der Waals surface area contributed by atoms with E-state index >= 15 is 0 Å². The van der Waals surface area contributed by atoms with Crippen molar-refractivity contribution < 1.29 is 4.74 Å². The third-order valence-electron chi connectivity index (χ3n) is 3.26. The van der Waals surface area contributed by atoms with Crippen molar-refractivity contribution >= 4 is 17.3 Å². The van der Waals surface area contributed by atoms with Gasteiger partial charge in [0.15, 0.2) is 0 Å². The molecule has 1 saturated heterocycles. The van der Waals surface area contributed by atoms with Gasteiger partial charge in [0.2, 0.25) is 0 Å². The summed E-state index contributed by atoms with van der Waals surface area (Å²) in [4.78, 5) is 2.37. The van der Waals surface area contributed by atoms with Crippen LogP contribution in [0.5, 0.6) is 5.75 Å². The van der Waals surface area contributed by atoms with Gasteiger partial charge in [0.1, 0.15) is 5.75 Å². The number of halogens is 1. The molecule has 1 heterocycles. The van der Waals surface area contributed by atoms with Gasteiger partial charge in [-0.05, 0) is 18.6 Å². The zero-order valence-electron chi connectivity index (χ0n) is 11.2.